The Morgan fingerprint density at radius 3 is 2.31 bits per heavy atom. The molecule has 4 heteroatoms. The number of rotatable bonds is 2. The van der Waals surface area contributed by atoms with Crippen molar-refractivity contribution >= 4 is 6.09 Å². The zero-order valence-electron chi connectivity index (χ0n) is 9.13. The fourth-order valence-electron chi connectivity index (χ4n) is 0.672. The third-order valence-electron chi connectivity index (χ3n) is 1.68. The third kappa shape index (κ3) is 4.72. The molecule has 0 aliphatic heterocycles. The number of nitrogens with zero attached hydrogens (tertiary/aromatic N) is 1. The lowest BCUT2D eigenvalue weighted by Gasteiger charge is -2.27. The van der Waals surface area contributed by atoms with Crippen LogP contribution in [-0.4, -0.2) is 36.2 Å². The summed E-state index contributed by atoms with van der Waals surface area (Å²) in [5.74, 6) is 0. The number of hydrogen-bond acceptors (Lipinski definition) is 3. The van der Waals surface area contributed by atoms with Crippen molar-refractivity contribution in [2.75, 3.05) is 13.6 Å². The van der Waals surface area contributed by atoms with Gasteiger partial charge in [-0.05, 0) is 27.7 Å². The van der Waals surface area contributed by atoms with Crippen molar-refractivity contribution in [2.45, 2.75) is 39.3 Å². The van der Waals surface area contributed by atoms with Crippen molar-refractivity contribution in [2.24, 2.45) is 5.73 Å². The Bertz CT molecular complexity index is 175. The number of likely N-dealkylation sites (N-methyl/N-ethyl adjacent to an activating group) is 1. The summed E-state index contributed by atoms with van der Waals surface area (Å²) in [5, 5.41) is 0. The van der Waals surface area contributed by atoms with Crippen LogP contribution >= 0.6 is 0 Å². The maximum Gasteiger partial charge on any atom is 0.410 e. The molecule has 78 valence electrons. The van der Waals surface area contributed by atoms with E-state index in [2.05, 4.69) is 0 Å². The summed E-state index contributed by atoms with van der Waals surface area (Å²) in [6.07, 6.45) is -0.328. The van der Waals surface area contributed by atoms with E-state index in [0.717, 1.165) is 0 Å². The van der Waals surface area contributed by atoms with Gasteiger partial charge in [0.25, 0.3) is 0 Å². The lowest BCUT2D eigenvalue weighted by Crippen LogP contribution is -2.42. The molecule has 0 unspecified atom stereocenters. The van der Waals surface area contributed by atoms with Gasteiger partial charge in [-0.25, -0.2) is 4.79 Å². The molecule has 0 spiro atoms. The van der Waals surface area contributed by atoms with Crippen molar-refractivity contribution < 1.29 is 9.53 Å². The highest BCUT2D eigenvalue weighted by atomic mass is 16.6. The molecule has 0 aromatic carbocycles. The van der Waals surface area contributed by atoms with Crippen LogP contribution in [0.25, 0.3) is 0 Å². The maximum atomic E-state index is 11.4. The van der Waals surface area contributed by atoms with Gasteiger partial charge in [-0.3, -0.25) is 0 Å². The van der Waals surface area contributed by atoms with Gasteiger partial charge in [0.15, 0.2) is 0 Å². The summed E-state index contributed by atoms with van der Waals surface area (Å²) in [7, 11) is 1.69. The van der Waals surface area contributed by atoms with E-state index in [0.29, 0.717) is 6.54 Å². The number of ether oxygens (including phenoxy) is 1. The normalized spacial score (nSPS) is 13.7. The van der Waals surface area contributed by atoms with Crippen molar-refractivity contribution in [1.29, 1.82) is 0 Å². The van der Waals surface area contributed by atoms with Gasteiger partial charge in [0.05, 0.1) is 0 Å². The van der Waals surface area contributed by atoms with E-state index in [1.165, 1.54) is 4.90 Å². The Balaban J connectivity index is 4.12. The molecule has 13 heavy (non-hydrogen) atoms. The standard InChI is InChI=1S/C9H20N2O2/c1-7(6-10)11(5)8(12)13-9(2,3)4/h7H,6,10H2,1-5H3/t7-/m0/s1. The SMILES string of the molecule is C[C@@H](CN)N(C)C(=O)OC(C)(C)C. The molecule has 0 rings (SSSR count). The van der Waals surface area contributed by atoms with Crippen LogP contribution in [0.15, 0.2) is 0 Å². The monoisotopic (exact) mass is 188 g/mol. The molecule has 0 aliphatic rings. The van der Waals surface area contributed by atoms with Crippen LogP contribution in [0, 0.1) is 0 Å². The predicted octanol–water partition coefficient (Wildman–Crippen LogP) is 1.20. The van der Waals surface area contributed by atoms with Crippen molar-refractivity contribution in [1.82, 2.24) is 4.90 Å². The Morgan fingerprint density at radius 1 is 1.54 bits per heavy atom. The second-order valence-electron chi connectivity index (χ2n) is 4.18. The van der Waals surface area contributed by atoms with Crippen LogP contribution in [0.5, 0.6) is 0 Å². The van der Waals surface area contributed by atoms with Crippen LogP contribution in [0.3, 0.4) is 0 Å². The van der Waals surface area contributed by atoms with Crippen LogP contribution in [0.1, 0.15) is 27.7 Å². The molecule has 0 aliphatic carbocycles. The molecule has 0 aromatic rings. The molecule has 0 fully saturated rings. The first-order chi connectivity index (χ1) is 5.78. The quantitative estimate of drug-likeness (QED) is 0.708. The van der Waals surface area contributed by atoms with Gasteiger partial charge in [0.2, 0.25) is 0 Å². The summed E-state index contributed by atoms with van der Waals surface area (Å²) in [6, 6.07) is 0.00912. The highest BCUT2D eigenvalue weighted by Crippen LogP contribution is 2.10. The molecule has 4 nitrogen and oxygen atoms in total. The van der Waals surface area contributed by atoms with Gasteiger partial charge in [-0.15, -0.1) is 0 Å². The summed E-state index contributed by atoms with van der Waals surface area (Å²) < 4.78 is 5.15. The second-order valence-corrected chi connectivity index (χ2v) is 4.18. The molecule has 1 amide bonds. The van der Waals surface area contributed by atoms with E-state index in [1.54, 1.807) is 7.05 Å². The van der Waals surface area contributed by atoms with Crippen LogP contribution in [-0.2, 0) is 4.74 Å². The number of nitrogens with two attached hydrogens (primary N) is 1. The molecule has 0 heterocycles. The number of carbonyl (C=O) groups excluding carboxylic acids is 1. The molecular formula is C9H20N2O2. The maximum absolute atomic E-state index is 11.4. The zero-order chi connectivity index (χ0) is 10.6. The molecule has 2 N–H and O–H groups in total. The fraction of sp³-hybridized carbons (Fsp3) is 0.889. The zero-order valence-corrected chi connectivity index (χ0v) is 9.13. The smallest absolute Gasteiger partial charge is 0.410 e. The van der Waals surface area contributed by atoms with Crippen LogP contribution in [0.2, 0.25) is 0 Å². The average molecular weight is 188 g/mol. The predicted molar refractivity (Wildman–Crippen MR) is 52.5 cm³/mol. The Kier molecular flexibility index (Phi) is 4.20. The van der Waals surface area contributed by atoms with Gasteiger partial charge in [-0.2, -0.15) is 0 Å². The second kappa shape index (κ2) is 4.46. The van der Waals surface area contributed by atoms with Gasteiger partial charge in [-0.1, -0.05) is 0 Å². The number of carbonyl (C=O) groups is 1. The molecule has 0 saturated carbocycles. The minimum atomic E-state index is -0.445. The number of amides is 1. The van der Waals surface area contributed by atoms with E-state index in [-0.39, 0.29) is 12.1 Å². The van der Waals surface area contributed by atoms with Gasteiger partial charge < -0.3 is 15.4 Å². The summed E-state index contributed by atoms with van der Waals surface area (Å²) in [5.41, 5.74) is 4.98. The van der Waals surface area contributed by atoms with E-state index >= 15 is 0 Å². The van der Waals surface area contributed by atoms with Crippen LogP contribution in [0.4, 0.5) is 4.79 Å². The molecular weight excluding hydrogens is 168 g/mol. The highest BCUT2D eigenvalue weighted by Gasteiger charge is 2.21. The first-order valence-corrected chi connectivity index (χ1v) is 4.44. The Hall–Kier alpha value is -0.770. The molecule has 1 atom stereocenters. The molecule has 0 radical (unpaired) electrons. The van der Waals surface area contributed by atoms with Crippen molar-refractivity contribution in [3.05, 3.63) is 0 Å². The van der Waals surface area contributed by atoms with Gasteiger partial charge in [0, 0.05) is 19.6 Å². The van der Waals surface area contributed by atoms with E-state index in [1.807, 2.05) is 27.7 Å². The highest BCUT2D eigenvalue weighted by molar-refractivity contribution is 5.68. The first kappa shape index (κ1) is 12.2. The lowest BCUT2D eigenvalue weighted by atomic mass is 10.2. The Morgan fingerprint density at radius 2 is 2.00 bits per heavy atom. The first-order valence-electron chi connectivity index (χ1n) is 4.44. The molecule has 0 saturated heterocycles. The summed E-state index contributed by atoms with van der Waals surface area (Å²) in [4.78, 5) is 12.9. The minimum absolute atomic E-state index is 0.00912. The van der Waals surface area contributed by atoms with Crippen LogP contribution < -0.4 is 5.73 Å². The molecule has 0 bridgehead atoms. The van der Waals surface area contributed by atoms with Crippen molar-refractivity contribution in [3.63, 3.8) is 0 Å². The van der Waals surface area contributed by atoms with E-state index in [9.17, 15) is 4.79 Å². The lowest BCUT2D eigenvalue weighted by molar-refractivity contribution is 0.0242. The van der Waals surface area contributed by atoms with E-state index < -0.39 is 5.60 Å². The van der Waals surface area contributed by atoms with Crippen molar-refractivity contribution in [3.8, 4) is 0 Å². The summed E-state index contributed by atoms with van der Waals surface area (Å²) in [6.45, 7) is 7.84. The third-order valence-corrected chi connectivity index (χ3v) is 1.68. The van der Waals surface area contributed by atoms with E-state index in [4.69, 9.17) is 10.5 Å². The minimum Gasteiger partial charge on any atom is -0.444 e. The van der Waals surface area contributed by atoms with Gasteiger partial charge >= 0.3 is 6.09 Å². The van der Waals surface area contributed by atoms with Gasteiger partial charge in [0.1, 0.15) is 5.60 Å². The topological polar surface area (TPSA) is 55.6 Å². The Labute approximate surface area is 80.0 Å². The fourth-order valence-corrected chi connectivity index (χ4v) is 0.672. The average Bonchev–Trinajstić information content (AvgIpc) is 1.98. The largest absolute Gasteiger partial charge is 0.444 e. The summed E-state index contributed by atoms with van der Waals surface area (Å²) >= 11 is 0. The molecule has 0 aromatic heterocycles. The number of hydrogen-bond donors (Lipinski definition) is 1.